The first-order valence-electron chi connectivity index (χ1n) is 6.39. The van der Waals surface area contributed by atoms with Crippen LogP contribution in [0, 0.1) is 5.92 Å². The van der Waals surface area contributed by atoms with Crippen molar-refractivity contribution in [1.82, 2.24) is 15.5 Å². The van der Waals surface area contributed by atoms with Gasteiger partial charge in [0.2, 0.25) is 0 Å². The van der Waals surface area contributed by atoms with E-state index in [-0.39, 0.29) is 0 Å². The Balaban J connectivity index is 2.14. The molecule has 4 heteroatoms. The SMILES string of the molecule is CCCCNC(=NC)NCC1CCN(C)C1. The Morgan fingerprint density at radius 1 is 1.44 bits per heavy atom. The lowest BCUT2D eigenvalue weighted by Crippen LogP contribution is -2.40. The summed E-state index contributed by atoms with van der Waals surface area (Å²) < 4.78 is 0. The fourth-order valence-electron chi connectivity index (χ4n) is 2.04. The number of likely N-dealkylation sites (tertiary alicyclic amines) is 1. The summed E-state index contributed by atoms with van der Waals surface area (Å²) in [6.07, 6.45) is 3.72. The average Bonchev–Trinajstić information content (AvgIpc) is 2.69. The molecule has 0 aliphatic carbocycles. The van der Waals surface area contributed by atoms with Crippen molar-refractivity contribution in [2.45, 2.75) is 26.2 Å². The van der Waals surface area contributed by atoms with Gasteiger partial charge in [0.05, 0.1) is 0 Å². The highest BCUT2D eigenvalue weighted by Gasteiger charge is 2.19. The zero-order chi connectivity index (χ0) is 11.8. The van der Waals surface area contributed by atoms with Gasteiger partial charge in [-0.2, -0.15) is 0 Å². The Bertz CT molecular complexity index is 215. The van der Waals surface area contributed by atoms with Gasteiger partial charge in [0.15, 0.2) is 5.96 Å². The Kier molecular flexibility index (Phi) is 6.23. The molecule has 1 unspecified atom stereocenters. The van der Waals surface area contributed by atoms with Gasteiger partial charge in [0.25, 0.3) is 0 Å². The van der Waals surface area contributed by atoms with Gasteiger partial charge in [-0.15, -0.1) is 0 Å². The molecule has 1 rings (SSSR count). The van der Waals surface area contributed by atoms with E-state index in [1.165, 1.54) is 32.4 Å². The Morgan fingerprint density at radius 2 is 2.25 bits per heavy atom. The number of aliphatic imine (C=N–C) groups is 1. The van der Waals surface area contributed by atoms with Gasteiger partial charge in [-0.05, 0) is 32.4 Å². The molecule has 1 saturated heterocycles. The maximum atomic E-state index is 4.22. The van der Waals surface area contributed by atoms with Gasteiger partial charge >= 0.3 is 0 Å². The maximum absolute atomic E-state index is 4.22. The van der Waals surface area contributed by atoms with Crippen molar-refractivity contribution in [3.63, 3.8) is 0 Å². The molecule has 0 saturated carbocycles. The van der Waals surface area contributed by atoms with Gasteiger partial charge < -0.3 is 15.5 Å². The highest BCUT2D eigenvalue weighted by molar-refractivity contribution is 5.79. The van der Waals surface area contributed by atoms with Crippen molar-refractivity contribution in [1.29, 1.82) is 0 Å². The zero-order valence-electron chi connectivity index (χ0n) is 10.9. The third-order valence-corrected chi connectivity index (χ3v) is 3.09. The van der Waals surface area contributed by atoms with E-state index in [1.807, 2.05) is 7.05 Å². The van der Waals surface area contributed by atoms with E-state index in [9.17, 15) is 0 Å². The number of hydrogen-bond acceptors (Lipinski definition) is 2. The smallest absolute Gasteiger partial charge is 0.190 e. The van der Waals surface area contributed by atoms with Crippen LogP contribution in [-0.4, -0.2) is 51.1 Å². The van der Waals surface area contributed by atoms with Crippen LogP contribution in [-0.2, 0) is 0 Å². The molecule has 0 spiro atoms. The van der Waals surface area contributed by atoms with Crippen LogP contribution in [0.15, 0.2) is 4.99 Å². The van der Waals surface area contributed by atoms with Gasteiger partial charge in [0, 0.05) is 26.7 Å². The predicted molar refractivity (Wildman–Crippen MR) is 69.9 cm³/mol. The molecule has 1 fully saturated rings. The third-order valence-electron chi connectivity index (χ3n) is 3.09. The molecule has 0 radical (unpaired) electrons. The Hall–Kier alpha value is -0.770. The van der Waals surface area contributed by atoms with E-state index in [1.54, 1.807) is 0 Å². The minimum atomic E-state index is 0.773. The maximum Gasteiger partial charge on any atom is 0.190 e. The summed E-state index contributed by atoms with van der Waals surface area (Å²) in [5, 5.41) is 6.73. The molecular formula is C12H26N4. The molecule has 1 aliphatic heterocycles. The first-order valence-corrected chi connectivity index (χ1v) is 6.39. The molecule has 0 bridgehead atoms. The van der Waals surface area contributed by atoms with Crippen molar-refractivity contribution in [2.24, 2.45) is 10.9 Å². The number of nitrogens with one attached hydrogen (secondary N) is 2. The van der Waals surface area contributed by atoms with Gasteiger partial charge in [-0.25, -0.2) is 0 Å². The van der Waals surface area contributed by atoms with Crippen molar-refractivity contribution in [3.8, 4) is 0 Å². The molecular weight excluding hydrogens is 200 g/mol. The van der Waals surface area contributed by atoms with Crippen molar-refractivity contribution < 1.29 is 0 Å². The van der Waals surface area contributed by atoms with Gasteiger partial charge in [-0.3, -0.25) is 4.99 Å². The summed E-state index contributed by atoms with van der Waals surface area (Å²) in [4.78, 5) is 6.61. The van der Waals surface area contributed by atoms with Crippen LogP contribution in [0.2, 0.25) is 0 Å². The molecule has 1 aliphatic rings. The molecule has 0 amide bonds. The average molecular weight is 226 g/mol. The lowest BCUT2D eigenvalue weighted by molar-refractivity contribution is 0.394. The number of rotatable bonds is 5. The van der Waals surface area contributed by atoms with Crippen molar-refractivity contribution in [2.75, 3.05) is 40.3 Å². The van der Waals surface area contributed by atoms with Crippen LogP contribution in [0.4, 0.5) is 0 Å². The molecule has 4 nitrogen and oxygen atoms in total. The van der Waals surface area contributed by atoms with E-state index < -0.39 is 0 Å². The van der Waals surface area contributed by atoms with E-state index in [4.69, 9.17) is 0 Å². The van der Waals surface area contributed by atoms with Crippen LogP contribution in [0.5, 0.6) is 0 Å². The second-order valence-corrected chi connectivity index (χ2v) is 4.65. The monoisotopic (exact) mass is 226 g/mol. The first kappa shape index (κ1) is 13.3. The lowest BCUT2D eigenvalue weighted by atomic mass is 10.1. The number of guanidine groups is 1. The standard InChI is InChI=1S/C12H26N4/c1-4-5-7-14-12(13-2)15-9-11-6-8-16(3)10-11/h11H,4-10H2,1-3H3,(H2,13,14,15). The summed E-state index contributed by atoms with van der Waals surface area (Å²) in [6, 6.07) is 0. The van der Waals surface area contributed by atoms with E-state index in [2.05, 4.69) is 34.5 Å². The highest BCUT2D eigenvalue weighted by atomic mass is 15.2. The first-order chi connectivity index (χ1) is 7.76. The minimum Gasteiger partial charge on any atom is -0.356 e. The van der Waals surface area contributed by atoms with Crippen LogP contribution in [0.3, 0.4) is 0 Å². The number of hydrogen-bond donors (Lipinski definition) is 2. The van der Waals surface area contributed by atoms with Crippen LogP contribution in [0.25, 0.3) is 0 Å². The molecule has 16 heavy (non-hydrogen) atoms. The molecule has 1 atom stereocenters. The summed E-state index contributed by atoms with van der Waals surface area (Å²) in [7, 11) is 4.02. The van der Waals surface area contributed by atoms with Gasteiger partial charge in [0.1, 0.15) is 0 Å². The number of nitrogens with zero attached hydrogens (tertiary/aromatic N) is 2. The van der Waals surface area contributed by atoms with Crippen LogP contribution >= 0.6 is 0 Å². The molecule has 1 heterocycles. The van der Waals surface area contributed by atoms with Crippen molar-refractivity contribution >= 4 is 5.96 Å². The highest BCUT2D eigenvalue weighted by Crippen LogP contribution is 2.12. The quantitative estimate of drug-likeness (QED) is 0.416. The summed E-state index contributed by atoms with van der Waals surface area (Å²) >= 11 is 0. The van der Waals surface area contributed by atoms with E-state index in [0.717, 1.165) is 25.0 Å². The molecule has 0 aromatic carbocycles. The normalized spacial score (nSPS) is 22.4. The second-order valence-electron chi connectivity index (χ2n) is 4.65. The predicted octanol–water partition coefficient (Wildman–Crippen LogP) is 0.903. The summed E-state index contributed by atoms with van der Waals surface area (Å²) in [6.45, 7) is 6.69. The van der Waals surface area contributed by atoms with Crippen LogP contribution < -0.4 is 10.6 Å². The zero-order valence-corrected chi connectivity index (χ0v) is 10.9. The largest absolute Gasteiger partial charge is 0.356 e. The second kappa shape index (κ2) is 7.49. The molecule has 0 aromatic rings. The summed E-state index contributed by atoms with van der Waals surface area (Å²) in [5.74, 6) is 1.72. The molecule has 94 valence electrons. The fraction of sp³-hybridized carbons (Fsp3) is 0.917. The van der Waals surface area contributed by atoms with E-state index >= 15 is 0 Å². The summed E-state index contributed by atoms with van der Waals surface area (Å²) in [5.41, 5.74) is 0. The third kappa shape index (κ3) is 4.84. The Morgan fingerprint density at radius 3 is 2.81 bits per heavy atom. The molecule has 0 aromatic heterocycles. The minimum absolute atomic E-state index is 0.773. The van der Waals surface area contributed by atoms with Gasteiger partial charge in [-0.1, -0.05) is 13.3 Å². The van der Waals surface area contributed by atoms with Crippen LogP contribution in [0.1, 0.15) is 26.2 Å². The fourth-order valence-corrected chi connectivity index (χ4v) is 2.04. The van der Waals surface area contributed by atoms with E-state index in [0.29, 0.717) is 0 Å². The molecule has 2 N–H and O–H groups in total. The Labute approximate surface area is 99.5 Å². The lowest BCUT2D eigenvalue weighted by Gasteiger charge is -2.15. The number of unbranched alkanes of at least 4 members (excludes halogenated alkanes) is 1. The topological polar surface area (TPSA) is 39.7 Å². The van der Waals surface area contributed by atoms with Crippen molar-refractivity contribution in [3.05, 3.63) is 0 Å².